The number of rotatable bonds is 1. The van der Waals surface area contributed by atoms with Crippen LogP contribution in [-0.4, -0.2) is 4.57 Å². The van der Waals surface area contributed by atoms with Gasteiger partial charge in [0.15, 0.2) is 0 Å². The SMILES string of the molecule is CCn1c(Cl)cc2c(Br)cc(C)cc2c1=O. The minimum atomic E-state index is -0.0330. The van der Waals surface area contributed by atoms with Crippen molar-refractivity contribution < 1.29 is 0 Å². The molecule has 0 aliphatic rings. The van der Waals surface area contributed by atoms with Gasteiger partial charge in [0.1, 0.15) is 5.15 Å². The molecule has 0 amide bonds. The molecular formula is C12H11BrClNO. The molecule has 0 aliphatic carbocycles. The van der Waals surface area contributed by atoms with Crippen molar-refractivity contribution in [3.05, 3.63) is 43.7 Å². The molecular weight excluding hydrogens is 289 g/mol. The summed E-state index contributed by atoms with van der Waals surface area (Å²) in [6.45, 7) is 4.46. The van der Waals surface area contributed by atoms with Crippen molar-refractivity contribution in [3.63, 3.8) is 0 Å². The van der Waals surface area contributed by atoms with E-state index in [0.29, 0.717) is 17.1 Å². The molecule has 1 aromatic carbocycles. The van der Waals surface area contributed by atoms with Crippen LogP contribution in [0.1, 0.15) is 12.5 Å². The van der Waals surface area contributed by atoms with E-state index in [2.05, 4.69) is 15.9 Å². The number of pyridine rings is 1. The maximum atomic E-state index is 12.1. The number of hydrogen-bond donors (Lipinski definition) is 0. The van der Waals surface area contributed by atoms with Crippen LogP contribution in [0.3, 0.4) is 0 Å². The van der Waals surface area contributed by atoms with Gasteiger partial charge in [0.25, 0.3) is 5.56 Å². The molecule has 0 atom stereocenters. The summed E-state index contributed by atoms with van der Waals surface area (Å²) in [7, 11) is 0. The van der Waals surface area contributed by atoms with Crippen LogP contribution in [0.2, 0.25) is 5.15 Å². The Morgan fingerprint density at radius 3 is 2.62 bits per heavy atom. The van der Waals surface area contributed by atoms with Crippen molar-refractivity contribution in [2.45, 2.75) is 20.4 Å². The van der Waals surface area contributed by atoms with E-state index in [1.54, 1.807) is 4.57 Å². The Hall–Kier alpha value is -0.800. The lowest BCUT2D eigenvalue weighted by Gasteiger charge is -2.09. The number of hydrogen-bond acceptors (Lipinski definition) is 1. The molecule has 0 saturated carbocycles. The summed E-state index contributed by atoms with van der Waals surface area (Å²) >= 11 is 9.52. The molecule has 0 aliphatic heterocycles. The molecule has 0 radical (unpaired) electrons. The fourth-order valence-corrected chi connectivity index (χ4v) is 2.81. The second kappa shape index (κ2) is 4.22. The van der Waals surface area contributed by atoms with Crippen LogP contribution >= 0.6 is 27.5 Å². The zero-order valence-electron chi connectivity index (χ0n) is 9.05. The van der Waals surface area contributed by atoms with E-state index in [0.717, 1.165) is 15.4 Å². The third kappa shape index (κ3) is 1.78. The molecule has 0 bridgehead atoms. The van der Waals surface area contributed by atoms with Crippen LogP contribution in [0, 0.1) is 6.92 Å². The Labute approximate surface area is 107 Å². The molecule has 16 heavy (non-hydrogen) atoms. The van der Waals surface area contributed by atoms with E-state index in [1.807, 2.05) is 32.0 Å². The summed E-state index contributed by atoms with van der Waals surface area (Å²) < 4.78 is 2.47. The molecule has 0 saturated heterocycles. The lowest BCUT2D eigenvalue weighted by Crippen LogP contribution is -2.19. The fourth-order valence-electron chi connectivity index (χ4n) is 1.81. The zero-order chi connectivity index (χ0) is 11.9. The molecule has 2 aromatic rings. The average Bonchev–Trinajstić information content (AvgIpc) is 2.21. The van der Waals surface area contributed by atoms with Gasteiger partial charge in [-0.15, -0.1) is 0 Å². The maximum Gasteiger partial charge on any atom is 0.259 e. The van der Waals surface area contributed by atoms with Crippen LogP contribution < -0.4 is 5.56 Å². The van der Waals surface area contributed by atoms with Gasteiger partial charge in [-0.05, 0) is 37.6 Å². The van der Waals surface area contributed by atoms with E-state index >= 15 is 0 Å². The lowest BCUT2D eigenvalue weighted by atomic mass is 10.1. The van der Waals surface area contributed by atoms with Gasteiger partial charge in [-0.25, -0.2) is 0 Å². The highest BCUT2D eigenvalue weighted by atomic mass is 79.9. The van der Waals surface area contributed by atoms with Crippen molar-refractivity contribution in [2.75, 3.05) is 0 Å². The minimum absolute atomic E-state index is 0.0330. The first kappa shape index (κ1) is 11.7. The Balaban J connectivity index is 2.99. The molecule has 1 aromatic heterocycles. The molecule has 0 fully saturated rings. The van der Waals surface area contributed by atoms with Gasteiger partial charge in [0.2, 0.25) is 0 Å². The minimum Gasteiger partial charge on any atom is -0.299 e. The topological polar surface area (TPSA) is 22.0 Å². The van der Waals surface area contributed by atoms with Gasteiger partial charge in [0, 0.05) is 21.8 Å². The summed E-state index contributed by atoms with van der Waals surface area (Å²) in [4.78, 5) is 12.1. The molecule has 1 heterocycles. The molecule has 84 valence electrons. The molecule has 4 heteroatoms. The lowest BCUT2D eigenvalue weighted by molar-refractivity contribution is 0.736. The monoisotopic (exact) mass is 299 g/mol. The first-order chi connectivity index (χ1) is 7.54. The smallest absolute Gasteiger partial charge is 0.259 e. The van der Waals surface area contributed by atoms with Gasteiger partial charge in [-0.2, -0.15) is 0 Å². The van der Waals surface area contributed by atoms with Gasteiger partial charge < -0.3 is 0 Å². The normalized spacial score (nSPS) is 11.0. The van der Waals surface area contributed by atoms with Crippen LogP contribution in [0.5, 0.6) is 0 Å². The van der Waals surface area contributed by atoms with Crippen molar-refractivity contribution >= 4 is 38.3 Å². The molecule has 0 unspecified atom stereocenters. The first-order valence-corrected chi connectivity index (χ1v) is 6.21. The first-order valence-electron chi connectivity index (χ1n) is 5.03. The highest BCUT2D eigenvalue weighted by molar-refractivity contribution is 9.10. The van der Waals surface area contributed by atoms with Crippen LogP contribution in [-0.2, 0) is 6.54 Å². The summed E-state index contributed by atoms with van der Waals surface area (Å²) in [5.74, 6) is 0. The van der Waals surface area contributed by atoms with E-state index in [-0.39, 0.29) is 5.56 Å². The summed E-state index contributed by atoms with van der Waals surface area (Å²) in [6, 6.07) is 5.70. The second-order valence-corrected chi connectivity index (χ2v) is 4.97. The third-order valence-electron chi connectivity index (χ3n) is 2.59. The Kier molecular flexibility index (Phi) is 3.08. The molecule has 2 rings (SSSR count). The van der Waals surface area contributed by atoms with E-state index in [9.17, 15) is 4.79 Å². The number of aryl methyl sites for hydroxylation is 1. The third-order valence-corrected chi connectivity index (χ3v) is 3.56. The van der Waals surface area contributed by atoms with Crippen molar-refractivity contribution in [3.8, 4) is 0 Å². The van der Waals surface area contributed by atoms with E-state index in [1.165, 1.54) is 0 Å². The number of benzene rings is 1. The molecule has 2 nitrogen and oxygen atoms in total. The molecule has 0 spiro atoms. The quantitative estimate of drug-likeness (QED) is 0.735. The number of aromatic nitrogens is 1. The molecule has 0 N–H and O–H groups in total. The van der Waals surface area contributed by atoms with Crippen molar-refractivity contribution in [1.82, 2.24) is 4.57 Å². The number of halogens is 2. The maximum absolute atomic E-state index is 12.1. The predicted molar refractivity (Wildman–Crippen MR) is 71.3 cm³/mol. The fraction of sp³-hybridized carbons (Fsp3) is 0.250. The summed E-state index contributed by atoms with van der Waals surface area (Å²) in [6.07, 6.45) is 0. The van der Waals surface area contributed by atoms with Gasteiger partial charge >= 0.3 is 0 Å². The van der Waals surface area contributed by atoms with Crippen LogP contribution in [0.25, 0.3) is 10.8 Å². The second-order valence-electron chi connectivity index (χ2n) is 3.72. The van der Waals surface area contributed by atoms with E-state index in [4.69, 9.17) is 11.6 Å². The van der Waals surface area contributed by atoms with Gasteiger partial charge in [0.05, 0.1) is 0 Å². The largest absolute Gasteiger partial charge is 0.299 e. The van der Waals surface area contributed by atoms with Crippen LogP contribution in [0.15, 0.2) is 27.5 Å². The van der Waals surface area contributed by atoms with Gasteiger partial charge in [-0.3, -0.25) is 9.36 Å². The highest BCUT2D eigenvalue weighted by Crippen LogP contribution is 2.25. The standard InChI is InChI=1S/C12H11BrClNO/c1-3-15-11(14)6-8-9(12(15)16)4-7(2)5-10(8)13/h4-6H,3H2,1-2H3. The van der Waals surface area contributed by atoms with Crippen molar-refractivity contribution in [1.29, 1.82) is 0 Å². The number of fused-ring (bicyclic) bond motifs is 1. The Bertz CT molecular complexity index is 618. The number of nitrogens with zero attached hydrogens (tertiary/aromatic N) is 1. The summed E-state index contributed by atoms with van der Waals surface area (Å²) in [5, 5.41) is 2.05. The Morgan fingerprint density at radius 2 is 2.00 bits per heavy atom. The predicted octanol–water partition coefficient (Wildman–Crippen LogP) is 3.75. The zero-order valence-corrected chi connectivity index (χ0v) is 11.4. The van der Waals surface area contributed by atoms with E-state index < -0.39 is 0 Å². The average molecular weight is 301 g/mol. The Morgan fingerprint density at radius 1 is 1.31 bits per heavy atom. The van der Waals surface area contributed by atoms with Crippen molar-refractivity contribution in [2.24, 2.45) is 0 Å². The summed E-state index contributed by atoms with van der Waals surface area (Å²) in [5.41, 5.74) is 1.02. The highest BCUT2D eigenvalue weighted by Gasteiger charge is 2.09. The van der Waals surface area contributed by atoms with Crippen LogP contribution in [0.4, 0.5) is 0 Å². The van der Waals surface area contributed by atoms with Gasteiger partial charge in [-0.1, -0.05) is 27.5 Å².